The van der Waals surface area contributed by atoms with E-state index >= 15 is 0 Å². The molecule has 0 amide bonds. The number of hydrogen-bond acceptors (Lipinski definition) is 2. The monoisotopic (exact) mass is 309 g/mol. The summed E-state index contributed by atoms with van der Waals surface area (Å²) in [5.41, 5.74) is 0.248. The van der Waals surface area contributed by atoms with Crippen molar-refractivity contribution in [2.75, 3.05) is 0 Å². The average Bonchev–Trinajstić information content (AvgIpc) is 2.17. The number of carboxylic acid groups (broad SMARTS) is 1. The molecule has 0 aliphatic rings. The molecule has 0 bridgehead atoms. The van der Waals surface area contributed by atoms with Crippen LogP contribution in [0, 0.1) is 0 Å². The number of carboxylic acids is 1. The Hall–Kier alpha value is -0.259. The van der Waals surface area contributed by atoms with Gasteiger partial charge < -0.3 is 9.90 Å². The molecule has 0 unspecified atom stereocenters. The molecule has 2 aromatic carbocycles. The Morgan fingerprint density at radius 2 is 1.64 bits per heavy atom. The van der Waals surface area contributed by atoms with Gasteiger partial charge in [0.1, 0.15) is 0 Å². The summed E-state index contributed by atoms with van der Waals surface area (Å²) in [5, 5.41) is 12.4. The summed E-state index contributed by atoms with van der Waals surface area (Å²) in [7, 11) is 0. The first kappa shape index (κ1) is 11.8. The van der Waals surface area contributed by atoms with Gasteiger partial charge in [0, 0.05) is 5.56 Å². The molecule has 0 atom stereocenters. The van der Waals surface area contributed by atoms with Crippen LogP contribution in [-0.4, -0.2) is 54.9 Å². The van der Waals surface area contributed by atoms with Crippen LogP contribution in [0.1, 0.15) is 10.4 Å². The van der Waals surface area contributed by atoms with Gasteiger partial charge in [0.05, 0.1) is 5.97 Å². The molecule has 14 heavy (non-hydrogen) atoms. The fourth-order valence-electron chi connectivity index (χ4n) is 1.40. The van der Waals surface area contributed by atoms with Crippen molar-refractivity contribution in [1.82, 2.24) is 0 Å². The predicted molar refractivity (Wildman–Crippen MR) is 54.0 cm³/mol. The van der Waals surface area contributed by atoms with Gasteiger partial charge in [-0.05, 0) is 10.8 Å². The molecule has 3 heteroatoms. The Morgan fingerprint density at radius 1 is 1.00 bits per heavy atom. The standard InChI is InChI=1S/C11H8O2.Ba/c12-11(13)10-7-3-5-8-4-1-2-6-9(8)10;/h1-7H,(H,12,13);/q;+2/p-1. The van der Waals surface area contributed by atoms with E-state index in [4.69, 9.17) is 0 Å². The largest absolute Gasteiger partial charge is 2.00 e. The third-order valence-corrected chi connectivity index (χ3v) is 2.01. The summed E-state index contributed by atoms with van der Waals surface area (Å²) < 4.78 is 0. The molecule has 0 spiro atoms. The second kappa shape index (κ2) is 5.00. The maximum atomic E-state index is 10.7. The molecule has 2 aromatic rings. The van der Waals surface area contributed by atoms with Crippen LogP contribution in [0.5, 0.6) is 0 Å². The zero-order valence-corrected chi connectivity index (χ0v) is 12.0. The molecule has 64 valence electrons. The van der Waals surface area contributed by atoms with Gasteiger partial charge >= 0.3 is 48.9 Å². The molecule has 2 nitrogen and oxygen atoms in total. The van der Waals surface area contributed by atoms with Gasteiger partial charge in [-0.25, -0.2) is 0 Å². The Morgan fingerprint density at radius 3 is 2.36 bits per heavy atom. The first-order valence-corrected chi connectivity index (χ1v) is 3.98. The van der Waals surface area contributed by atoms with E-state index in [0.29, 0.717) is 0 Å². The van der Waals surface area contributed by atoms with Crippen LogP contribution in [-0.2, 0) is 0 Å². The molecule has 0 aliphatic heterocycles. The van der Waals surface area contributed by atoms with Gasteiger partial charge in [0.25, 0.3) is 0 Å². The number of rotatable bonds is 1. The molecule has 0 heterocycles. The zero-order chi connectivity index (χ0) is 9.26. The molecule has 2 rings (SSSR count). The van der Waals surface area contributed by atoms with Gasteiger partial charge in [-0.3, -0.25) is 0 Å². The fraction of sp³-hybridized carbons (Fsp3) is 0. The number of benzene rings is 2. The summed E-state index contributed by atoms with van der Waals surface area (Å²) in [6.07, 6.45) is 0. The van der Waals surface area contributed by atoms with Crippen LogP contribution in [0.15, 0.2) is 42.5 Å². The number of carbonyl (C=O) groups is 1. The minimum Gasteiger partial charge on any atom is -0.545 e. The van der Waals surface area contributed by atoms with Crippen molar-refractivity contribution >= 4 is 65.6 Å². The minimum absolute atomic E-state index is 0. The zero-order valence-electron chi connectivity index (χ0n) is 7.57. The van der Waals surface area contributed by atoms with E-state index in [-0.39, 0.29) is 54.4 Å². The Balaban J connectivity index is 0.000000980. The van der Waals surface area contributed by atoms with Crippen molar-refractivity contribution in [3.8, 4) is 0 Å². The van der Waals surface area contributed by atoms with Gasteiger partial charge in [-0.2, -0.15) is 0 Å². The van der Waals surface area contributed by atoms with E-state index in [2.05, 4.69) is 0 Å². The Kier molecular flexibility index (Phi) is 4.22. The van der Waals surface area contributed by atoms with Crippen LogP contribution in [0.25, 0.3) is 10.8 Å². The molecule has 0 aromatic heterocycles. The molecule has 0 N–H and O–H groups in total. The van der Waals surface area contributed by atoms with E-state index in [1.807, 2.05) is 24.3 Å². The summed E-state index contributed by atoms with van der Waals surface area (Å²) in [6.45, 7) is 0. The van der Waals surface area contributed by atoms with Crippen molar-refractivity contribution < 1.29 is 9.90 Å². The van der Waals surface area contributed by atoms with Crippen molar-refractivity contribution in [1.29, 1.82) is 0 Å². The average molecular weight is 309 g/mol. The molecular weight excluding hydrogens is 301 g/mol. The van der Waals surface area contributed by atoms with E-state index < -0.39 is 5.97 Å². The number of fused-ring (bicyclic) bond motifs is 1. The third-order valence-electron chi connectivity index (χ3n) is 2.01. The van der Waals surface area contributed by atoms with Crippen molar-refractivity contribution in [2.24, 2.45) is 0 Å². The van der Waals surface area contributed by atoms with Crippen molar-refractivity contribution in [2.45, 2.75) is 0 Å². The quantitative estimate of drug-likeness (QED) is 0.732. The SMILES string of the molecule is O=C([O-])c1cccc2ccccc12.[Ba+2]. The van der Waals surface area contributed by atoms with Crippen LogP contribution < -0.4 is 5.11 Å². The summed E-state index contributed by atoms with van der Waals surface area (Å²) in [6, 6.07) is 12.5. The predicted octanol–water partition coefficient (Wildman–Crippen LogP) is 0.822. The van der Waals surface area contributed by atoms with Crippen molar-refractivity contribution in [3.63, 3.8) is 0 Å². The van der Waals surface area contributed by atoms with Gasteiger partial charge in [0.15, 0.2) is 0 Å². The molecule has 0 aliphatic carbocycles. The molecular formula is C11H7BaO2+. The second-order valence-corrected chi connectivity index (χ2v) is 2.81. The van der Waals surface area contributed by atoms with Crippen LogP contribution in [0.3, 0.4) is 0 Å². The van der Waals surface area contributed by atoms with Crippen LogP contribution in [0.2, 0.25) is 0 Å². The second-order valence-electron chi connectivity index (χ2n) is 2.81. The number of hydrogen-bond donors (Lipinski definition) is 0. The third kappa shape index (κ3) is 2.21. The first-order valence-electron chi connectivity index (χ1n) is 3.98. The summed E-state index contributed by atoms with van der Waals surface area (Å²) >= 11 is 0. The Bertz CT molecular complexity index is 460. The number of carbonyl (C=O) groups excluding carboxylic acids is 1. The van der Waals surface area contributed by atoms with E-state index in [9.17, 15) is 9.90 Å². The molecule has 0 radical (unpaired) electrons. The van der Waals surface area contributed by atoms with Crippen molar-refractivity contribution in [3.05, 3.63) is 48.0 Å². The maximum Gasteiger partial charge on any atom is 2.00 e. The van der Waals surface area contributed by atoms with Crippen LogP contribution >= 0.6 is 0 Å². The fourth-order valence-corrected chi connectivity index (χ4v) is 1.40. The first-order chi connectivity index (χ1) is 6.29. The topological polar surface area (TPSA) is 40.1 Å². The number of aromatic carboxylic acids is 1. The molecule has 0 saturated carbocycles. The summed E-state index contributed by atoms with van der Waals surface area (Å²) in [4.78, 5) is 10.7. The Labute approximate surface area is 122 Å². The molecule has 0 fully saturated rings. The molecule has 0 saturated heterocycles. The van der Waals surface area contributed by atoms with Gasteiger partial charge in [-0.15, -0.1) is 0 Å². The maximum absolute atomic E-state index is 10.7. The van der Waals surface area contributed by atoms with E-state index in [1.54, 1.807) is 18.2 Å². The van der Waals surface area contributed by atoms with Gasteiger partial charge in [0.2, 0.25) is 0 Å². The summed E-state index contributed by atoms with van der Waals surface area (Å²) in [5.74, 6) is -1.13. The minimum atomic E-state index is -1.13. The normalized spacial score (nSPS) is 9.43. The van der Waals surface area contributed by atoms with E-state index in [1.165, 1.54) is 0 Å². The smallest absolute Gasteiger partial charge is 0.545 e. The van der Waals surface area contributed by atoms with Crippen LogP contribution in [0.4, 0.5) is 0 Å². The van der Waals surface area contributed by atoms with E-state index in [0.717, 1.165) is 10.8 Å². The van der Waals surface area contributed by atoms with Gasteiger partial charge in [-0.1, -0.05) is 42.5 Å².